The van der Waals surface area contributed by atoms with Gasteiger partial charge in [0, 0.05) is 29.8 Å². The van der Waals surface area contributed by atoms with Crippen molar-refractivity contribution in [2.45, 2.75) is 30.7 Å². The van der Waals surface area contributed by atoms with Crippen LogP contribution in [0.4, 0.5) is 0 Å². The maximum atomic E-state index is 12.4. The fourth-order valence-corrected chi connectivity index (χ4v) is 3.69. The molecule has 1 unspecified atom stereocenters. The Hall–Kier alpha value is -1.55. The van der Waals surface area contributed by atoms with Gasteiger partial charge < -0.3 is 0 Å². The van der Waals surface area contributed by atoms with E-state index in [1.807, 2.05) is 29.9 Å². The number of fused-ring (bicyclic) bond motifs is 1. The number of Topliss-reactive ketones (excluding diaryl/α,β-unsaturated/α-hetero) is 1. The summed E-state index contributed by atoms with van der Waals surface area (Å²) < 4.78 is 1.86. The molecule has 0 N–H and O–H groups in total. The summed E-state index contributed by atoms with van der Waals surface area (Å²) in [7, 11) is 0. The smallest absolute Gasteiger partial charge is 0.145 e. The quantitative estimate of drug-likeness (QED) is 0.858. The lowest BCUT2D eigenvalue weighted by Crippen LogP contribution is -2.14. The van der Waals surface area contributed by atoms with Gasteiger partial charge in [-0.25, -0.2) is 0 Å². The number of carbonyl (C=O) groups excluding carboxylic acids is 1. The van der Waals surface area contributed by atoms with Gasteiger partial charge in [-0.3, -0.25) is 9.48 Å². The minimum Gasteiger partial charge on any atom is -0.299 e. The van der Waals surface area contributed by atoms with Gasteiger partial charge in [0.2, 0.25) is 0 Å². The number of nitrogens with zero attached hydrogens (tertiary/aromatic N) is 2. The van der Waals surface area contributed by atoms with Crippen molar-refractivity contribution in [3.05, 3.63) is 47.8 Å². The average Bonchev–Trinajstić information content (AvgIpc) is 3.04. The van der Waals surface area contributed by atoms with Gasteiger partial charge in [-0.2, -0.15) is 5.10 Å². The van der Waals surface area contributed by atoms with E-state index in [1.54, 1.807) is 18.0 Å². The van der Waals surface area contributed by atoms with Gasteiger partial charge in [-0.15, -0.1) is 11.8 Å². The van der Waals surface area contributed by atoms with Crippen molar-refractivity contribution < 1.29 is 4.79 Å². The Morgan fingerprint density at radius 1 is 1.47 bits per heavy atom. The second-order valence-electron chi connectivity index (χ2n) is 4.75. The van der Waals surface area contributed by atoms with Crippen molar-refractivity contribution in [2.75, 3.05) is 5.75 Å². The maximum Gasteiger partial charge on any atom is 0.145 e. The molecule has 0 bridgehead atoms. The Morgan fingerprint density at radius 3 is 3.11 bits per heavy atom. The molecule has 0 spiro atoms. The summed E-state index contributed by atoms with van der Waals surface area (Å²) in [6.07, 6.45) is 4.25. The number of aromatic nitrogens is 2. The Morgan fingerprint density at radius 2 is 2.32 bits per heavy atom. The van der Waals surface area contributed by atoms with E-state index in [0.29, 0.717) is 12.2 Å². The zero-order chi connectivity index (χ0) is 13.2. The maximum absolute atomic E-state index is 12.4. The lowest BCUT2D eigenvalue weighted by atomic mass is 9.94. The number of hydrogen-bond acceptors (Lipinski definition) is 3. The normalized spacial score (nSPS) is 17.4. The Kier molecular flexibility index (Phi) is 3.42. The molecule has 1 aliphatic rings. The molecule has 1 aromatic heterocycles. The molecule has 1 aliphatic heterocycles. The lowest BCUT2D eigenvalue weighted by Gasteiger charge is -2.08. The molecule has 0 saturated carbocycles. The number of aryl methyl sites for hydroxylation is 1. The van der Waals surface area contributed by atoms with Crippen molar-refractivity contribution in [2.24, 2.45) is 0 Å². The van der Waals surface area contributed by atoms with Crippen LogP contribution in [0.1, 0.15) is 24.0 Å². The van der Waals surface area contributed by atoms with Crippen molar-refractivity contribution in [3.63, 3.8) is 0 Å². The van der Waals surface area contributed by atoms with Crippen LogP contribution in [-0.4, -0.2) is 21.3 Å². The van der Waals surface area contributed by atoms with E-state index in [2.05, 4.69) is 17.2 Å². The minimum atomic E-state index is 0.0474. The Balaban J connectivity index is 1.75. The Bertz CT molecular complexity index is 606. The van der Waals surface area contributed by atoms with E-state index in [9.17, 15) is 4.79 Å². The predicted octanol–water partition coefficient (Wildman–Crippen LogP) is 2.90. The van der Waals surface area contributed by atoms with E-state index >= 15 is 0 Å². The third-order valence-electron chi connectivity index (χ3n) is 3.48. The first-order valence-electron chi connectivity index (χ1n) is 6.53. The predicted molar refractivity (Wildman–Crippen MR) is 76.5 cm³/mol. The standard InChI is InChI=1S/C15H16N2OS/c1-2-17-9-11(8-16-17)7-14(18)13-10-19-15-6-4-3-5-12(13)15/h3-6,8-9,13H,2,7,10H2,1H3. The van der Waals surface area contributed by atoms with Crippen molar-refractivity contribution in [1.82, 2.24) is 9.78 Å². The highest BCUT2D eigenvalue weighted by atomic mass is 32.2. The molecule has 2 heterocycles. The van der Waals surface area contributed by atoms with Crippen LogP contribution in [0.3, 0.4) is 0 Å². The van der Waals surface area contributed by atoms with Gasteiger partial charge in [0.05, 0.1) is 12.1 Å². The van der Waals surface area contributed by atoms with Crippen LogP contribution < -0.4 is 0 Å². The summed E-state index contributed by atoms with van der Waals surface area (Å²) in [5, 5.41) is 4.22. The molecule has 98 valence electrons. The SMILES string of the molecule is CCn1cc(CC(=O)C2CSc3ccccc32)cn1. The summed E-state index contributed by atoms with van der Waals surface area (Å²) >= 11 is 1.78. The molecule has 0 aliphatic carbocycles. The molecule has 4 heteroatoms. The molecule has 3 nitrogen and oxygen atoms in total. The number of rotatable bonds is 4. The summed E-state index contributed by atoms with van der Waals surface area (Å²) in [6, 6.07) is 8.22. The van der Waals surface area contributed by atoms with Crippen LogP contribution in [0.2, 0.25) is 0 Å². The topological polar surface area (TPSA) is 34.9 Å². The van der Waals surface area contributed by atoms with Crippen molar-refractivity contribution in [1.29, 1.82) is 0 Å². The summed E-state index contributed by atoms with van der Waals surface area (Å²) in [6.45, 7) is 2.89. The molecule has 3 rings (SSSR count). The van der Waals surface area contributed by atoms with E-state index in [4.69, 9.17) is 0 Å². The monoisotopic (exact) mass is 272 g/mol. The number of thioether (sulfide) groups is 1. The van der Waals surface area contributed by atoms with Crippen LogP contribution in [-0.2, 0) is 17.8 Å². The number of benzene rings is 1. The first-order chi connectivity index (χ1) is 9.28. The van der Waals surface area contributed by atoms with Crippen LogP contribution in [0.15, 0.2) is 41.6 Å². The highest BCUT2D eigenvalue weighted by Gasteiger charge is 2.28. The summed E-state index contributed by atoms with van der Waals surface area (Å²) in [4.78, 5) is 13.7. The molecule has 19 heavy (non-hydrogen) atoms. The molecule has 1 aromatic carbocycles. The fourth-order valence-electron chi connectivity index (χ4n) is 2.42. The zero-order valence-electron chi connectivity index (χ0n) is 10.9. The molecule has 1 atom stereocenters. The summed E-state index contributed by atoms with van der Waals surface area (Å²) in [5.74, 6) is 1.22. The first-order valence-corrected chi connectivity index (χ1v) is 7.52. The van der Waals surface area contributed by atoms with Crippen molar-refractivity contribution in [3.8, 4) is 0 Å². The Labute approximate surface area is 117 Å². The minimum absolute atomic E-state index is 0.0474. The second-order valence-corrected chi connectivity index (χ2v) is 5.81. The lowest BCUT2D eigenvalue weighted by molar-refractivity contribution is -0.119. The van der Waals surface area contributed by atoms with Gasteiger partial charge in [0.25, 0.3) is 0 Å². The van der Waals surface area contributed by atoms with Crippen molar-refractivity contribution >= 4 is 17.5 Å². The van der Waals surface area contributed by atoms with E-state index in [1.165, 1.54) is 10.5 Å². The first kappa shape index (κ1) is 12.5. The fraction of sp³-hybridized carbons (Fsp3) is 0.333. The average molecular weight is 272 g/mol. The second kappa shape index (κ2) is 5.21. The largest absolute Gasteiger partial charge is 0.299 e. The third kappa shape index (κ3) is 2.45. The highest BCUT2D eigenvalue weighted by Crippen LogP contribution is 2.40. The van der Waals surface area contributed by atoms with E-state index < -0.39 is 0 Å². The van der Waals surface area contributed by atoms with Gasteiger partial charge in [-0.05, 0) is 24.1 Å². The van der Waals surface area contributed by atoms with Crippen LogP contribution >= 0.6 is 11.8 Å². The molecule has 0 amide bonds. The van der Waals surface area contributed by atoms with Gasteiger partial charge in [0.15, 0.2) is 0 Å². The molecule has 0 radical (unpaired) electrons. The van der Waals surface area contributed by atoms with Gasteiger partial charge in [-0.1, -0.05) is 18.2 Å². The molecular weight excluding hydrogens is 256 g/mol. The van der Waals surface area contributed by atoms with E-state index in [-0.39, 0.29) is 5.92 Å². The zero-order valence-corrected chi connectivity index (χ0v) is 11.7. The van der Waals surface area contributed by atoms with Crippen LogP contribution in [0.25, 0.3) is 0 Å². The van der Waals surface area contributed by atoms with Crippen LogP contribution in [0, 0.1) is 0 Å². The highest BCUT2D eigenvalue weighted by molar-refractivity contribution is 7.99. The number of carbonyl (C=O) groups is 1. The van der Waals surface area contributed by atoms with Gasteiger partial charge >= 0.3 is 0 Å². The van der Waals surface area contributed by atoms with Crippen LogP contribution in [0.5, 0.6) is 0 Å². The summed E-state index contributed by atoms with van der Waals surface area (Å²) in [5.41, 5.74) is 2.21. The molecule has 2 aromatic rings. The third-order valence-corrected chi connectivity index (χ3v) is 4.66. The molecule has 0 saturated heterocycles. The number of ketones is 1. The van der Waals surface area contributed by atoms with Gasteiger partial charge in [0.1, 0.15) is 5.78 Å². The molecule has 0 fully saturated rings. The number of hydrogen-bond donors (Lipinski definition) is 0. The molecular formula is C15H16N2OS. The van der Waals surface area contributed by atoms with E-state index in [0.717, 1.165) is 17.9 Å².